The molecule has 0 bridgehead atoms. The van der Waals surface area contributed by atoms with Gasteiger partial charge < -0.3 is 0 Å². The molecule has 2 aliphatic carbocycles. The van der Waals surface area contributed by atoms with Crippen LogP contribution in [-0.4, -0.2) is 11.5 Å². The number of benzene rings is 1. The number of hydrogen-bond donors (Lipinski definition) is 0. The fourth-order valence-corrected chi connectivity index (χ4v) is 6.54. The summed E-state index contributed by atoms with van der Waals surface area (Å²) in [5.74, 6) is 3.46. The Morgan fingerprint density at radius 3 is 2.50 bits per heavy atom. The summed E-state index contributed by atoms with van der Waals surface area (Å²) >= 11 is 4.16. The van der Waals surface area contributed by atoms with E-state index < -0.39 is 0 Å². The van der Waals surface area contributed by atoms with Crippen molar-refractivity contribution in [2.24, 2.45) is 0 Å². The van der Waals surface area contributed by atoms with E-state index in [0.29, 0.717) is 0 Å². The average Bonchev–Trinajstić information content (AvgIpc) is 3.16. The molecule has 1 aliphatic heterocycles. The van der Waals surface area contributed by atoms with Crippen molar-refractivity contribution in [1.29, 1.82) is 0 Å². The Bertz CT molecular complexity index is 530. The molecule has 0 aromatic heterocycles. The quantitative estimate of drug-likeness (QED) is 0.640. The molecule has 20 heavy (non-hydrogen) atoms. The Hall–Kier alpha value is -0.340. The summed E-state index contributed by atoms with van der Waals surface area (Å²) < 4.78 is 1.62. The zero-order valence-corrected chi connectivity index (χ0v) is 13.6. The summed E-state index contributed by atoms with van der Waals surface area (Å²) in [6.45, 7) is 0. The molecule has 0 radical (unpaired) electrons. The highest BCUT2D eigenvalue weighted by Gasteiger charge is 2.24. The maximum atomic E-state index is 2.54. The lowest BCUT2D eigenvalue weighted by atomic mass is 9.83. The Kier molecular flexibility index (Phi) is 3.87. The fraction of sp³-hybridized carbons (Fsp3) is 0.556. The summed E-state index contributed by atoms with van der Waals surface area (Å²) in [6.07, 6.45) is 9.70. The highest BCUT2D eigenvalue weighted by atomic mass is 32.2. The minimum absolute atomic E-state index is 0.848. The minimum atomic E-state index is 0.848. The Balaban J connectivity index is 1.64. The summed E-state index contributed by atoms with van der Waals surface area (Å²) in [4.78, 5) is 0. The third kappa shape index (κ3) is 2.46. The Morgan fingerprint density at radius 1 is 0.900 bits per heavy atom. The van der Waals surface area contributed by atoms with Gasteiger partial charge in [-0.05, 0) is 53.9 Å². The second-order valence-electron chi connectivity index (χ2n) is 6.21. The molecule has 3 aliphatic rings. The van der Waals surface area contributed by atoms with Crippen molar-refractivity contribution in [1.82, 2.24) is 0 Å². The van der Waals surface area contributed by atoms with Crippen LogP contribution < -0.4 is 0 Å². The lowest BCUT2D eigenvalue weighted by Gasteiger charge is -2.22. The fourth-order valence-electron chi connectivity index (χ4n) is 3.90. The summed E-state index contributed by atoms with van der Waals surface area (Å²) in [7, 11) is 0. The van der Waals surface area contributed by atoms with Gasteiger partial charge in [-0.2, -0.15) is 0 Å². The molecule has 4 rings (SSSR count). The van der Waals surface area contributed by atoms with E-state index in [9.17, 15) is 0 Å². The normalized spacial score (nSPS) is 23.4. The van der Waals surface area contributed by atoms with Crippen LogP contribution in [0.1, 0.15) is 61.1 Å². The monoisotopic (exact) mass is 302 g/mol. The van der Waals surface area contributed by atoms with Crippen molar-refractivity contribution < 1.29 is 0 Å². The van der Waals surface area contributed by atoms with Crippen molar-refractivity contribution in [2.45, 2.75) is 50.9 Å². The first-order valence-corrected chi connectivity index (χ1v) is 10.0. The van der Waals surface area contributed by atoms with Crippen LogP contribution in [0.2, 0.25) is 0 Å². The number of fused-ring (bicyclic) bond motifs is 1. The minimum Gasteiger partial charge on any atom is -0.118 e. The van der Waals surface area contributed by atoms with Gasteiger partial charge in [0, 0.05) is 15.7 Å². The maximum absolute atomic E-state index is 2.54. The number of rotatable bonds is 1. The average molecular weight is 303 g/mol. The van der Waals surface area contributed by atoms with Crippen molar-refractivity contribution in [3.05, 3.63) is 39.1 Å². The van der Waals surface area contributed by atoms with Crippen LogP contribution in [0.25, 0.3) is 5.57 Å². The molecule has 0 N–H and O–H groups in total. The van der Waals surface area contributed by atoms with E-state index in [4.69, 9.17) is 0 Å². The second kappa shape index (κ2) is 5.81. The molecule has 2 fully saturated rings. The first-order valence-electron chi connectivity index (χ1n) is 8.04. The standard InChI is InChI=1S/C18H22S2/c1-2-4-13(5-3-1)14-6-8-16-15(12-14)7-9-17(16)18-19-10-11-20-18/h6,8,12-13H,1-5,7,9-11H2. The molecule has 0 nitrogen and oxygen atoms in total. The van der Waals surface area contributed by atoms with E-state index >= 15 is 0 Å². The van der Waals surface area contributed by atoms with Crippen LogP contribution in [0.15, 0.2) is 22.4 Å². The number of thioether (sulfide) groups is 2. The lowest BCUT2D eigenvalue weighted by Crippen LogP contribution is -2.04. The van der Waals surface area contributed by atoms with Gasteiger partial charge in [-0.25, -0.2) is 0 Å². The van der Waals surface area contributed by atoms with Gasteiger partial charge in [0.25, 0.3) is 0 Å². The second-order valence-corrected chi connectivity index (χ2v) is 8.68. The number of allylic oxidation sites excluding steroid dienone is 1. The van der Waals surface area contributed by atoms with Crippen LogP contribution >= 0.6 is 23.5 Å². The Labute approximate surface area is 130 Å². The van der Waals surface area contributed by atoms with Gasteiger partial charge in [-0.3, -0.25) is 0 Å². The molecule has 106 valence electrons. The highest BCUT2D eigenvalue weighted by Crippen LogP contribution is 2.47. The molecule has 2 heteroatoms. The van der Waals surface area contributed by atoms with E-state index in [0.717, 1.165) is 5.92 Å². The van der Waals surface area contributed by atoms with Gasteiger partial charge in [0.2, 0.25) is 0 Å². The largest absolute Gasteiger partial charge is 0.118 e. The number of aryl methyl sites for hydroxylation is 1. The summed E-state index contributed by atoms with van der Waals surface area (Å²) in [5, 5.41) is 0. The first-order chi connectivity index (χ1) is 9.92. The third-order valence-electron chi connectivity index (χ3n) is 4.97. The molecule has 1 heterocycles. The molecular formula is C18H22S2. The van der Waals surface area contributed by atoms with Gasteiger partial charge in [-0.1, -0.05) is 37.5 Å². The SMILES string of the molecule is c1cc2c(cc1C1CCCCC1)CCC2=C1SCCS1. The molecular weight excluding hydrogens is 280 g/mol. The van der Waals surface area contributed by atoms with Crippen LogP contribution in [0.5, 0.6) is 0 Å². The van der Waals surface area contributed by atoms with Gasteiger partial charge in [0.05, 0.1) is 0 Å². The van der Waals surface area contributed by atoms with Crippen LogP contribution in [0.4, 0.5) is 0 Å². The van der Waals surface area contributed by atoms with Crippen molar-refractivity contribution in [2.75, 3.05) is 11.5 Å². The molecule has 0 atom stereocenters. The molecule has 0 amide bonds. The van der Waals surface area contributed by atoms with E-state index in [2.05, 4.69) is 41.7 Å². The van der Waals surface area contributed by atoms with Crippen molar-refractivity contribution >= 4 is 29.1 Å². The Morgan fingerprint density at radius 2 is 1.70 bits per heavy atom. The number of hydrogen-bond acceptors (Lipinski definition) is 2. The van der Waals surface area contributed by atoms with Crippen molar-refractivity contribution in [3.8, 4) is 0 Å². The predicted molar refractivity (Wildman–Crippen MR) is 92.4 cm³/mol. The van der Waals surface area contributed by atoms with Gasteiger partial charge in [-0.15, -0.1) is 23.5 Å². The zero-order chi connectivity index (χ0) is 13.4. The molecule has 1 saturated carbocycles. The van der Waals surface area contributed by atoms with E-state index in [1.54, 1.807) is 26.5 Å². The van der Waals surface area contributed by atoms with Crippen LogP contribution in [0.3, 0.4) is 0 Å². The van der Waals surface area contributed by atoms with Gasteiger partial charge >= 0.3 is 0 Å². The topological polar surface area (TPSA) is 0 Å². The van der Waals surface area contributed by atoms with Gasteiger partial charge in [0.15, 0.2) is 0 Å². The highest BCUT2D eigenvalue weighted by molar-refractivity contribution is 8.25. The van der Waals surface area contributed by atoms with Crippen LogP contribution in [0, 0.1) is 0 Å². The molecule has 1 aromatic carbocycles. The van der Waals surface area contributed by atoms with E-state index in [1.807, 2.05) is 0 Å². The van der Waals surface area contributed by atoms with Crippen molar-refractivity contribution in [3.63, 3.8) is 0 Å². The van der Waals surface area contributed by atoms with Gasteiger partial charge in [0.1, 0.15) is 0 Å². The zero-order valence-electron chi connectivity index (χ0n) is 12.0. The maximum Gasteiger partial charge on any atom is 0.0439 e. The smallest absolute Gasteiger partial charge is 0.0439 e. The van der Waals surface area contributed by atoms with Crippen LogP contribution in [-0.2, 0) is 6.42 Å². The third-order valence-corrected chi connectivity index (χ3v) is 7.77. The lowest BCUT2D eigenvalue weighted by molar-refractivity contribution is 0.443. The first kappa shape index (κ1) is 13.3. The molecule has 0 unspecified atom stereocenters. The van der Waals surface area contributed by atoms with E-state index in [1.165, 1.54) is 56.5 Å². The molecule has 1 saturated heterocycles. The molecule has 0 spiro atoms. The molecule has 1 aromatic rings. The van der Waals surface area contributed by atoms with E-state index in [-0.39, 0.29) is 0 Å². The predicted octanol–water partition coefficient (Wildman–Crippen LogP) is 5.83. The summed E-state index contributed by atoms with van der Waals surface area (Å²) in [6, 6.07) is 7.42. The summed E-state index contributed by atoms with van der Waals surface area (Å²) in [5.41, 5.74) is 6.48.